The molecule has 2 aromatic rings. The molecule has 0 spiro atoms. The zero-order valence-electron chi connectivity index (χ0n) is 15.3. The van der Waals surface area contributed by atoms with E-state index in [4.69, 9.17) is 9.47 Å². The summed E-state index contributed by atoms with van der Waals surface area (Å²) in [5.74, 6) is -2.47. The minimum Gasteiger partial charge on any atom is -0.489 e. The molecule has 0 radical (unpaired) electrons. The normalized spacial score (nSPS) is 12.3. The van der Waals surface area contributed by atoms with Gasteiger partial charge in [0.25, 0.3) is 0 Å². The molecule has 1 unspecified atom stereocenters. The Morgan fingerprint density at radius 2 is 1.58 bits per heavy atom. The first-order chi connectivity index (χ1) is 12.2. The first kappa shape index (κ1) is 19.5. The van der Waals surface area contributed by atoms with Crippen molar-refractivity contribution in [2.24, 2.45) is 5.92 Å². The minimum absolute atomic E-state index is 0.0726. The van der Waals surface area contributed by atoms with Crippen LogP contribution in [0.15, 0.2) is 54.6 Å². The number of rotatable bonds is 7. The van der Waals surface area contributed by atoms with Crippen LogP contribution in [-0.2, 0) is 27.4 Å². The van der Waals surface area contributed by atoms with Crippen LogP contribution in [0.5, 0.6) is 5.75 Å². The van der Waals surface area contributed by atoms with Gasteiger partial charge in [-0.05, 0) is 50.5 Å². The van der Waals surface area contributed by atoms with Crippen molar-refractivity contribution in [3.63, 3.8) is 0 Å². The van der Waals surface area contributed by atoms with Crippen molar-refractivity contribution in [2.75, 3.05) is 0 Å². The first-order valence-corrected chi connectivity index (χ1v) is 8.46. The summed E-state index contributed by atoms with van der Waals surface area (Å²) in [4.78, 5) is 23.5. The summed E-state index contributed by atoms with van der Waals surface area (Å²) in [7, 11) is 0. The van der Waals surface area contributed by atoms with Gasteiger partial charge in [0, 0.05) is 0 Å². The molecule has 5 heteroatoms. The number of ether oxygens (including phenoxy) is 2. The molecule has 0 fully saturated rings. The molecule has 0 aliphatic rings. The Morgan fingerprint density at radius 3 is 2.12 bits per heavy atom. The minimum atomic E-state index is -1.23. The van der Waals surface area contributed by atoms with Crippen LogP contribution < -0.4 is 4.74 Å². The van der Waals surface area contributed by atoms with Gasteiger partial charge in [0.05, 0.1) is 0 Å². The number of carboxylic acid groups (broad SMARTS) is 1. The molecule has 0 saturated carbocycles. The van der Waals surface area contributed by atoms with Crippen molar-refractivity contribution in [3.8, 4) is 5.75 Å². The van der Waals surface area contributed by atoms with Crippen LogP contribution in [0, 0.1) is 5.92 Å². The number of hydrogen-bond acceptors (Lipinski definition) is 4. The maximum absolute atomic E-state index is 12.1. The van der Waals surface area contributed by atoms with Crippen LogP contribution in [0.25, 0.3) is 0 Å². The van der Waals surface area contributed by atoms with Crippen LogP contribution in [0.1, 0.15) is 31.9 Å². The second kappa shape index (κ2) is 8.52. The SMILES string of the molecule is CC(C)(C)OC(=O)C(Cc1ccc(OCc2ccccc2)cc1)C(=O)O. The van der Waals surface area contributed by atoms with Crippen LogP contribution in [0.2, 0.25) is 0 Å². The number of carbonyl (C=O) groups excluding carboxylic acids is 1. The average molecular weight is 356 g/mol. The second-order valence-corrected chi connectivity index (χ2v) is 7.05. The number of carbonyl (C=O) groups is 2. The third-order valence-corrected chi connectivity index (χ3v) is 3.60. The van der Waals surface area contributed by atoms with Crippen molar-refractivity contribution in [1.82, 2.24) is 0 Å². The van der Waals surface area contributed by atoms with Crippen LogP contribution in [0.4, 0.5) is 0 Å². The Kier molecular flexibility index (Phi) is 6.39. The molecular weight excluding hydrogens is 332 g/mol. The van der Waals surface area contributed by atoms with E-state index in [0.29, 0.717) is 12.4 Å². The van der Waals surface area contributed by atoms with E-state index in [1.54, 1.807) is 45.0 Å². The lowest BCUT2D eigenvalue weighted by atomic mass is 9.99. The van der Waals surface area contributed by atoms with Gasteiger partial charge in [0.2, 0.25) is 0 Å². The van der Waals surface area contributed by atoms with E-state index in [1.165, 1.54) is 0 Å². The Balaban J connectivity index is 1.97. The fourth-order valence-corrected chi connectivity index (χ4v) is 2.34. The lowest BCUT2D eigenvalue weighted by Gasteiger charge is -2.22. The number of benzene rings is 2. The lowest BCUT2D eigenvalue weighted by Crippen LogP contribution is -2.33. The van der Waals surface area contributed by atoms with Gasteiger partial charge in [-0.15, -0.1) is 0 Å². The average Bonchev–Trinajstić information content (AvgIpc) is 2.58. The van der Waals surface area contributed by atoms with Crippen molar-refractivity contribution in [3.05, 3.63) is 65.7 Å². The third-order valence-electron chi connectivity index (χ3n) is 3.60. The maximum Gasteiger partial charge on any atom is 0.321 e. The van der Waals surface area contributed by atoms with Gasteiger partial charge in [0.1, 0.15) is 18.0 Å². The Bertz CT molecular complexity index is 729. The predicted molar refractivity (Wildman–Crippen MR) is 97.9 cm³/mol. The summed E-state index contributed by atoms with van der Waals surface area (Å²) in [6, 6.07) is 16.9. The molecule has 138 valence electrons. The molecule has 0 heterocycles. The number of aliphatic carboxylic acids is 1. The number of carboxylic acids is 1. The monoisotopic (exact) mass is 356 g/mol. The maximum atomic E-state index is 12.1. The van der Waals surface area contributed by atoms with E-state index in [2.05, 4.69) is 0 Å². The number of esters is 1. The highest BCUT2D eigenvalue weighted by Crippen LogP contribution is 2.19. The Labute approximate surface area is 153 Å². The van der Waals surface area contributed by atoms with E-state index in [1.807, 2.05) is 30.3 Å². The van der Waals surface area contributed by atoms with Crippen LogP contribution >= 0.6 is 0 Å². The summed E-state index contributed by atoms with van der Waals surface area (Å²) < 4.78 is 10.9. The van der Waals surface area contributed by atoms with Gasteiger partial charge in [-0.25, -0.2) is 0 Å². The van der Waals surface area contributed by atoms with Gasteiger partial charge in [-0.3, -0.25) is 9.59 Å². The molecule has 2 aromatic carbocycles. The molecule has 1 N–H and O–H groups in total. The van der Waals surface area contributed by atoms with Crippen molar-refractivity contribution >= 4 is 11.9 Å². The first-order valence-electron chi connectivity index (χ1n) is 8.46. The van der Waals surface area contributed by atoms with Gasteiger partial charge < -0.3 is 14.6 Å². The summed E-state index contributed by atoms with van der Waals surface area (Å²) in [5.41, 5.74) is 1.07. The molecule has 0 aliphatic carbocycles. The molecule has 0 aromatic heterocycles. The van der Waals surface area contributed by atoms with E-state index < -0.39 is 23.5 Å². The predicted octanol–water partition coefficient (Wildman–Crippen LogP) is 3.85. The highest BCUT2D eigenvalue weighted by atomic mass is 16.6. The molecule has 0 aliphatic heterocycles. The summed E-state index contributed by atoms with van der Waals surface area (Å²) in [6.07, 6.45) is 0.0726. The summed E-state index contributed by atoms with van der Waals surface area (Å²) in [5, 5.41) is 9.34. The molecule has 0 bridgehead atoms. The van der Waals surface area contributed by atoms with Gasteiger partial charge >= 0.3 is 11.9 Å². The van der Waals surface area contributed by atoms with Crippen molar-refractivity contribution in [1.29, 1.82) is 0 Å². The summed E-state index contributed by atoms with van der Waals surface area (Å²) in [6.45, 7) is 5.59. The number of hydrogen-bond donors (Lipinski definition) is 1. The van der Waals surface area contributed by atoms with E-state index >= 15 is 0 Å². The van der Waals surface area contributed by atoms with Crippen LogP contribution in [-0.4, -0.2) is 22.6 Å². The van der Waals surface area contributed by atoms with Gasteiger partial charge in [-0.1, -0.05) is 42.5 Å². The fourth-order valence-electron chi connectivity index (χ4n) is 2.34. The highest BCUT2D eigenvalue weighted by molar-refractivity contribution is 5.94. The molecule has 26 heavy (non-hydrogen) atoms. The quantitative estimate of drug-likeness (QED) is 0.602. The summed E-state index contributed by atoms with van der Waals surface area (Å²) >= 11 is 0. The van der Waals surface area contributed by atoms with Crippen molar-refractivity contribution in [2.45, 2.75) is 39.4 Å². The fraction of sp³-hybridized carbons (Fsp3) is 0.333. The van der Waals surface area contributed by atoms with Crippen molar-refractivity contribution < 1.29 is 24.2 Å². The molecule has 5 nitrogen and oxygen atoms in total. The largest absolute Gasteiger partial charge is 0.489 e. The van der Waals surface area contributed by atoms with Gasteiger partial charge in [-0.2, -0.15) is 0 Å². The third kappa shape index (κ3) is 6.24. The highest BCUT2D eigenvalue weighted by Gasteiger charge is 2.31. The smallest absolute Gasteiger partial charge is 0.321 e. The molecule has 0 saturated heterocycles. The standard InChI is InChI=1S/C21H24O5/c1-21(2,3)26-20(24)18(19(22)23)13-15-9-11-17(12-10-15)25-14-16-7-5-4-6-8-16/h4-12,18H,13-14H2,1-3H3,(H,22,23). The molecule has 2 rings (SSSR count). The second-order valence-electron chi connectivity index (χ2n) is 7.05. The lowest BCUT2D eigenvalue weighted by molar-refractivity contribution is -0.166. The van der Waals surface area contributed by atoms with E-state index in [0.717, 1.165) is 11.1 Å². The van der Waals surface area contributed by atoms with E-state index in [-0.39, 0.29) is 6.42 Å². The molecule has 0 amide bonds. The molecule has 1 atom stereocenters. The molecular formula is C21H24O5. The zero-order valence-corrected chi connectivity index (χ0v) is 15.3. The Morgan fingerprint density at radius 1 is 0.962 bits per heavy atom. The van der Waals surface area contributed by atoms with Gasteiger partial charge in [0.15, 0.2) is 5.92 Å². The Hall–Kier alpha value is -2.82. The van der Waals surface area contributed by atoms with E-state index in [9.17, 15) is 14.7 Å². The van der Waals surface area contributed by atoms with Crippen LogP contribution in [0.3, 0.4) is 0 Å². The topological polar surface area (TPSA) is 72.8 Å². The zero-order chi connectivity index (χ0) is 19.2.